The second kappa shape index (κ2) is 7.66. The van der Waals surface area contributed by atoms with Gasteiger partial charge in [0.1, 0.15) is 5.82 Å². The highest BCUT2D eigenvalue weighted by Crippen LogP contribution is 2.13. The minimum Gasteiger partial charge on any atom is -0.459 e. The van der Waals surface area contributed by atoms with Crippen molar-refractivity contribution >= 4 is 29.0 Å². The summed E-state index contributed by atoms with van der Waals surface area (Å²) in [6, 6.07) is 14.7. The van der Waals surface area contributed by atoms with Crippen LogP contribution >= 0.6 is 11.6 Å². The molecule has 5 nitrogen and oxygen atoms in total. The molecule has 0 bridgehead atoms. The maximum Gasteiger partial charge on any atom is 0.292 e. The zero-order valence-electron chi connectivity index (χ0n) is 12.8. The van der Waals surface area contributed by atoms with Crippen LogP contribution in [0.2, 0.25) is 5.02 Å². The number of hydrogen-bond donors (Lipinski definition) is 2. The monoisotopic (exact) mass is 341 g/mol. The molecule has 122 valence electrons. The Kier molecular flexibility index (Phi) is 5.13. The van der Waals surface area contributed by atoms with Crippen molar-refractivity contribution in [1.82, 2.24) is 4.98 Å². The molecule has 3 rings (SSSR count). The number of halogens is 1. The number of anilines is 2. The zero-order chi connectivity index (χ0) is 16.8. The molecule has 0 spiro atoms. The molecule has 24 heavy (non-hydrogen) atoms. The number of carbonyl (C=O) groups excluding carboxylic acids is 1. The first-order valence-corrected chi connectivity index (χ1v) is 7.88. The Labute approximate surface area is 144 Å². The van der Waals surface area contributed by atoms with E-state index in [0.29, 0.717) is 5.82 Å². The van der Waals surface area contributed by atoms with Gasteiger partial charge in [-0.15, -0.1) is 0 Å². The van der Waals surface area contributed by atoms with Gasteiger partial charge in [-0.1, -0.05) is 23.7 Å². The van der Waals surface area contributed by atoms with Crippen LogP contribution in [0.15, 0.2) is 65.4 Å². The number of nitrogens with one attached hydrogen (secondary N) is 2. The Bertz CT molecular complexity index is 784. The summed E-state index contributed by atoms with van der Waals surface area (Å²) in [6.45, 7) is 0.779. The van der Waals surface area contributed by atoms with E-state index in [-0.39, 0.29) is 11.7 Å². The highest BCUT2D eigenvalue weighted by atomic mass is 35.5. The lowest BCUT2D eigenvalue weighted by molar-refractivity contribution is 0.0996. The van der Waals surface area contributed by atoms with Crippen LogP contribution in [0, 0.1) is 0 Å². The Hall–Kier alpha value is -2.79. The third-order valence-electron chi connectivity index (χ3n) is 3.41. The molecule has 0 saturated carbocycles. The average Bonchev–Trinajstić information content (AvgIpc) is 3.13. The van der Waals surface area contributed by atoms with E-state index in [1.807, 2.05) is 30.3 Å². The fourth-order valence-electron chi connectivity index (χ4n) is 2.16. The fraction of sp³-hybridized carbons (Fsp3) is 0.111. The van der Waals surface area contributed by atoms with Crippen molar-refractivity contribution in [3.05, 3.63) is 77.3 Å². The first kappa shape index (κ1) is 16.1. The SMILES string of the molecule is O=C(Nc1ccc(NCCc2ccc(Cl)cc2)cn1)c1ccco1. The summed E-state index contributed by atoms with van der Waals surface area (Å²) in [5.74, 6) is 0.401. The number of aromatic nitrogens is 1. The van der Waals surface area contributed by atoms with Crippen molar-refractivity contribution in [2.24, 2.45) is 0 Å². The molecule has 2 aromatic heterocycles. The number of pyridine rings is 1. The number of benzene rings is 1. The van der Waals surface area contributed by atoms with E-state index in [2.05, 4.69) is 15.6 Å². The van der Waals surface area contributed by atoms with Gasteiger partial charge in [0.15, 0.2) is 5.76 Å². The van der Waals surface area contributed by atoms with E-state index in [1.165, 1.54) is 11.8 Å². The van der Waals surface area contributed by atoms with E-state index < -0.39 is 0 Å². The summed E-state index contributed by atoms with van der Waals surface area (Å²) < 4.78 is 5.03. The van der Waals surface area contributed by atoms with E-state index in [4.69, 9.17) is 16.0 Å². The molecule has 6 heteroatoms. The van der Waals surface area contributed by atoms with Crippen LogP contribution in [0.1, 0.15) is 16.1 Å². The molecule has 2 heterocycles. The molecule has 0 saturated heterocycles. The van der Waals surface area contributed by atoms with Gasteiger partial charge in [0.25, 0.3) is 5.91 Å². The van der Waals surface area contributed by atoms with E-state index >= 15 is 0 Å². The van der Waals surface area contributed by atoms with Crippen LogP contribution in [0.4, 0.5) is 11.5 Å². The minimum absolute atomic E-state index is 0.252. The summed E-state index contributed by atoms with van der Waals surface area (Å²) >= 11 is 5.87. The molecule has 1 aromatic carbocycles. The molecular formula is C18H16ClN3O2. The van der Waals surface area contributed by atoms with Crippen LogP contribution in [0.3, 0.4) is 0 Å². The van der Waals surface area contributed by atoms with Crippen LogP contribution in [0.5, 0.6) is 0 Å². The fourth-order valence-corrected chi connectivity index (χ4v) is 2.29. The van der Waals surface area contributed by atoms with E-state index in [1.54, 1.807) is 24.4 Å². The molecule has 0 fully saturated rings. The van der Waals surface area contributed by atoms with Crippen molar-refractivity contribution < 1.29 is 9.21 Å². The third-order valence-corrected chi connectivity index (χ3v) is 3.66. The number of hydrogen-bond acceptors (Lipinski definition) is 4. The van der Waals surface area contributed by atoms with Crippen molar-refractivity contribution in [3.63, 3.8) is 0 Å². The molecular weight excluding hydrogens is 326 g/mol. The maximum atomic E-state index is 11.8. The number of furan rings is 1. The van der Waals surface area contributed by atoms with Crippen molar-refractivity contribution in [1.29, 1.82) is 0 Å². The third kappa shape index (κ3) is 4.36. The number of rotatable bonds is 6. The summed E-state index contributed by atoms with van der Waals surface area (Å²) in [5, 5.41) is 6.70. The highest BCUT2D eigenvalue weighted by molar-refractivity contribution is 6.30. The maximum absolute atomic E-state index is 11.8. The van der Waals surface area contributed by atoms with Crippen molar-refractivity contribution in [3.8, 4) is 0 Å². The second-order valence-corrected chi connectivity index (χ2v) is 5.60. The Morgan fingerprint density at radius 3 is 2.62 bits per heavy atom. The largest absolute Gasteiger partial charge is 0.459 e. The predicted octanol–water partition coefficient (Wildman–Crippen LogP) is 4.23. The topological polar surface area (TPSA) is 67.2 Å². The van der Waals surface area contributed by atoms with Gasteiger partial charge in [-0.05, 0) is 48.4 Å². The highest BCUT2D eigenvalue weighted by Gasteiger charge is 2.09. The van der Waals surface area contributed by atoms with Gasteiger partial charge in [-0.3, -0.25) is 4.79 Å². The summed E-state index contributed by atoms with van der Waals surface area (Å²) in [6.07, 6.45) is 4.02. The van der Waals surface area contributed by atoms with Gasteiger partial charge < -0.3 is 15.1 Å². The molecule has 0 unspecified atom stereocenters. The van der Waals surface area contributed by atoms with Crippen molar-refractivity contribution in [2.45, 2.75) is 6.42 Å². The van der Waals surface area contributed by atoms with Crippen LogP contribution in [-0.4, -0.2) is 17.4 Å². The molecule has 3 aromatic rings. The molecule has 2 N–H and O–H groups in total. The minimum atomic E-state index is -0.323. The smallest absolute Gasteiger partial charge is 0.292 e. The molecule has 0 radical (unpaired) electrons. The lowest BCUT2D eigenvalue weighted by Crippen LogP contribution is -2.12. The first-order chi connectivity index (χ1) is 11.7. The summed E-state index contributed by atoms with van der Waals surface area (Å²) in [7, 11) is 0. The quantitative estimate of drug-likeness (QED) is 0.704. The summed E-state index contributed by atoms with van der Waals surface area (Å²) in [5.41, 5.74) is 2.10. The normalized spacial score (nSPS) is 10.4. The van der Waals surface area contributed by atoms with Crippen LogP contribution in [0.25, 0.3) is 0 Å². The number of carbonyl (C=O) groups is 1. The Morgan fingerprint density at radius 2 is 1.96 bits per heavy atom. The lowest BCUT2D eigenvalue weighted by atomic mass is 10.1. The molecule has 0 aliphatic rings. The average molecular weight is 342 g/mol. The van der Waals surface area contributed by atoms with Gasteiger partial charge in [0.2, 0.25) is 0 Å². The predicted molar refractivity (Wildman–Crippen MR) is 94.5 cm³/mol. The first-order valence-electron chi connectivity index (χ1n) is 7.50. The van der Waals surface area contributed by atoms with Gasteiger partial charge in [-0.2, -0.15) is 0 Å². The second-order valence-electron chi connectivity index (χ2n) is 5.17. The van der Waals surface area contributed by atoms with Gasteiger partial charge >= 0.3 is 0 Å². The van der Waals surface area contributed by atoms with Gasteiger partial charge in [0.05, 0.1) is 18.1 Å². The Balaban J connectivity index is 1.49. The zero-order valence-corrected chi connectivity index (χ0v) is 13.6. The Morgan fingerprint density at radius 1 is 1.12 bits per heavy atom. The number of nitrogens with zero attached hydrogens (tertiary/aromatic N) is 1. The van der Waals surface area contributed by atoms with Gasteiger partial charge in [-0.25, -0.2) is 4.98 Å². The van der Waals surface area contributed by atoms with E-state index in [9.17, 15) is 4.79 Å². The van der Waals surface area contributed by atoms with Crippen LogP contribution in [-0.2, 0) is 6.42 Å². The van der Waals surface area contributed by atoms with Gasteiger partial charge in [0, 0.05) is 11.6 Å². The summed E-state index contributed by atoms with van der Waals surface area (Å²) in [4.78, 5) is 16.1. The molecule has 0 aliphatic heterocycles. The lowest BCUT2D eigenvalue weighted by Gasteiger charge is -2.07. The molecule has 0 aliphatic carbocycles. The van der Waals surface area contributed by atoms with Crippen LogP contribution < -0.4 is 10.6 Å². The molecule has 1 amide bonds. The number of amides is 1. The molecule has 0 atom stereocenters. The van der Waals surface area contributed by atoms with E-state index in [0.717, 1.165) is 23.7 Å². The standard InChI is InChI=1S/C18H16ClN3O2/c19-14-5-3-13(4-6-14)9-10-20-15-7-8-17(21-12-15)22-18(23)16-2-1-11-24-16/h1-8,11-12,20H,9-10H2,(H,21,22,23). The van der Waals surface area contributed by atoms with Crippen molar-refractivity contribution in [2.75, 3.05) is 17.2 Å².